The van der Waals surface area contributed by atoms with E-state index in [-0.39, 0.29) is 24.6 Å². The van der Waals surface area contributed by atoms with Crippen molar-refractivity contribution in [2.45, 2.75) is 39.1 Å². The zero-order chi connectivity index (χ0) is 26.2. The molecule has 3 amide bonds. The molecule has 4 heterocycles. The van der Waals surface area contributed by atoms with E-state index in [1.807, 2.05) is 25.1 Å². The second-order valence-electron chi connectivity index (χ2n) is 9.87. The number of halogens is 1. The highest BCUT2D eigenvalue weighted by atomic mass is 19.1. The normalized spacial score (nSPS) is 18.8. The first-order chi connectivity index (χ1) is 18.5. The third-order valence-corrected chi connectivity index (χ3v) is 7.47. The summed E-state index contributed by atoms with van der Waals surface area (Å²) in [6.07, 6.45) is 3.04. The highest BCUT2D eigenvalue weighted by Crippen LogP contribution is 2.41. The molecule has 0 spiro atoms. The number of hydrogen-bond acceptors (Lipinski definition) is 5. The van der Waals surface area contributed by atoms with E-state index >= 15 is 0 Å². The molecule has 0 aliphatic carbocycles. The van der Waals surface area contributed by atoms with Gasteiger partial charge in [0.15, 0.2) is 0 Å². The number of pyridine rings is 1. The van der Waals surface area contributed by atoms with Crippen molar-refractivity contribution in [3.05, 3.63) is 82.2 Å². The fourth-order valence-electron chi connectivity index (χ4n) is 5.39. The van der Waals surface area contributed by atoms with Crippen LogP contribution in [0.15, 0.2) is 48.7 Å². The van der Waals surface area contributed by atoms with E-state index in [1.165, 1.54) is 4.90 Å². The number of benzene rings is 2. The third-order valence-electron chi connectivity index (χ3n) is 7.47. The molecule has 9 heteroatoms. The first kappa shape index (κ1) is 24.4. The number of aryl methyl sites for hydroxylation is 2. The Kier molecular flexibility index (Phi) is 6.45. The molecule has 196 valence electrons. The Bertz CT molecular complexity index is 1410. The fraction of sp³-hybridized carbons (Fsp3) is 0.345. The van der Waals surface area contributed by atoms with Crippen LogP contribution < -0.4 is 15.0 Å². The molecule has 1 atom stereocenters. The standard InChI is InChI=1S/C29H29FN4O4/c1-18-3-2-8-31-27(18)25-7-6-19-13-22(16-30)24(15-26(19)38-25)34-17-21-5-4-20(14-23(21)32-29(34)36)28(35)33-9-11-37-12-10-33/h2-5,8,13-15,25H,6-7,9-12,16-17H2,1H3,(H,32,36). The number of aromatic nitrogens is 1. The van der Waals surface area contributed by atoms with Gasteiger partial charge in [-0.1, -0.05) is 12.1 Å². The lowest BCUT2D eigenvalue weighted by Crippen LogP contribution is -2.41. The van der Waals surface area contributed by atoms with Crippen molar-refractivity contribution in [2.24, 2.45) is 0 Å². The predicted octanol–water partition coefficient (Wildman–Crippen LogP) is 4.95. The Morgan fingerprint density at radius 2 is 2.00 bits per heavy atom. The number of carbonyl (C=O) groups excluding carboxylic acids is 2. The van der Waals surface area contributed by atoms with Crippen molar-refractivity contribution in [1.29, 1.82) is 0 Å². The number of amides is 3. The van der Waals surface area contributed by atoms with Crippen LogP contribution in [0.3, 0.4) is 0 Å². The highest BCUT2D eigenvalue weighted by Gasteiger charge is 2.30. The number of nitrogens with zero attached hydrogens (tertiary/aromatic N) is 3. The maximum absolute atomic E-state index is 14.2. The molecule has 3 aliphatic rings. The molecule has 1 fully saturated rings. The summed E-state index contributed by atoms with van der Waals surface area (Å²) in [5.41, 5.74) is 5.73. The molecule has 0 saturated carbocycles. The molecule has 2 aromatic carbocycles. The van der Waals surface area contributed by atoms with Crippen molar-refractivity contribution in [3.8, 4) is 5.75 Å². The summed E-state index contributed by atoms with van der Waals surface area (Å²) in [7, 11) is 0. The number of alkyl halides is 1. The van der Waals surface area contributed by atoms with Gasteiger partial charge in [-0.15, -0.1) is 0 Å². The van der Waals surface area contributed by atoms with Crippen LogP contribution in [0.5, 0.6) is 5.75 Å². The first-order valence-electron chi connectivity index (χ1n) is 12.9. The molecule has 3 aromatic rings. The maximum Gasteiger partial charge on any atom is 0.326 e. The molecule has 1 aromatic heterocycles. The van der Waals surface area contributed by atoms with Gasteiger partial charge in [0, 0.05) is 42.2 Å². The van der Waals surface area contributed by atoms with Gasteiger partial charge < -0.3 is 19.7 Å². The first-order valence-corrected chi connectivity index (χ1v) is 12.9. The minimum Gasteiger partial charge on any atom is -0.484 e. The lowest BCUT2D eigenvalue weighted by Gasteiger charge is -2.33. The van der Waals surface area contributed by atoms with E-state index < -0.39 is 6.67 Å². The van der Waals surface area contributed by atoms with Crippen molar-refractivity contribution in [1.82, 2.24) is 9.88 Å². The zero-order valence-electron chi connectivity index (χ0n) is 21.2. The highest BCUT2D eigenvalue weighted by molar-refractivity contribution is 6.06. The topological polar surface area (TPSA) is 84.0 Å². The van der Waals surface area contributed by atoms with E-state index in [2.05, 4.69) is 10.3 Å². The number of fused-ring (bicyclic) bond motifs is 2. The molecule has 38 heavy (non-hydrogen) atoms. The maximum atomic E-state index is 14.2. The Morgan fingerprint density at radius 1 is 1.16 bits per heavy atom. The summed E-state index contributed by atoms with van der Waals surface area (Å²) in [5.74, 6) is 0.556. The molecule has 3 aliphatic heterocycles. The second kappa shape index (κ2) is 10.1. The van der Waals surface area contributed by atoms with Gasteiger partial charge in [-0.25, -0.2) is 9.18 Å². The number of carbonyl (C=O) groups is 2. The minimum atomic E-state index is -0.699. The van der Waals surface area contributed by atoms with Crippen molar-refractivity contribution in [3.63, 3.8) is 0 Å². The summed E-state index contributed by atoms with van der Waals surface area (Å²) >= 11 is 0. The van der Waals surface area contributed by atoms with E-state index in [0.717, 1.165) is 35.2 Å². The molecule has 0 bridgehead atoms. The van der Waals surface area contributed by atoms with Gasteiger partial charge >= 0.3 is 6.03 Å². The van der Waals surface area contributed by atoms with E-state index in [1.54, 1.807) is 35.4 Å². The van der Waals surface area contributed by atoms with Crippen LogP contribution in [-0.4, -0.2) is 48.1 Å². The van der Waals surface area contributed by atoms with Gasteiger partial charge in [0.05, 0.1) is 31.1 Å². The van der Waals surface area contributed by atoms with Crippen LogP contribution in [0.25, 0.3) is 0 Å². The van der Waals surface area contributed by atoms with Gasteiger partial charge in [0.25, 0.3) is 5.91 Å². The summed E-state index contributed by atoms with van der Waals surface area (Å²) in [4.78, 5) is 33.9. The number of urea groups is 1. The number of hydrogen-bond donors (Lipinski definition) is 1. The summed E-state index contributed by atoms with van der Waals surface area (Å²) in [5, 5.41) is 2.90. The average molecular weight is 517 g/mol. The molecule has 8 nitrogen and oxygen atoms in total. The van der Waals surface area contributed by atoms with Gasteiger partial charge in [-0.2, -0.15) is 0 Å². The molecule has 6 rings (SSSR count). The minimum absolute atomic E-state index is 0.0861. The second-order valence-corrected chi connectivity index (χ2v) is 9.87. The van der Waals surface area contributed by atoms with E-state index in [9.17, 15) is 14.0 Å². The van der Waals surface area contributed by atoms with Crippen LogP contribution >= 0.6 is 0 Å². The van der Waals surface area contributed by atoms with Gasteiger partial charge in [0.2, 0.25) is 0 Å². The van der Waals surface area contributed by atoms with Crippen LogP contribution in [0.2, 0.25) is 0 Å². The fourth-order valence-corrected chi connectivity index (χ4v) is 5.39. The van der Waals surface area contributed by atoms with Crippen LogP contribution in [0, 0.1) is 6.92 Å². The van der Waals surface area contributed by atoms with E-state index in [4.69, 9.17) is 9.47 Å². The summed E-state index contributed by atoms with van der Waals surface area (Å²) in [6, 6.07) is 12.4. The molecule has 1 N–H and O–H groups in total. The summed E-state index contributed by atoms with van der Waals surface area (Å²) in [6.45, 7) is 3.69. The SMILES string of the molecule is Cc1cccnc1C1CCc2cc(CF)c(N3Cc4ccc(C(=O)N5CCOCC5)cc4NC3=O)cc2O1. The smallest absolute Gasteiger partial charge is 0.326 e. The number of morpholine rings is 1. The Morgan fingerprint density at radius 3 is 2.79 bits per heavy atom. The van der Waals surface area contributed by atoms with Crippen molar-refractivity contribution in [2.75, 3.05) is 36.5 Å². The summed E-state index contributed by atoms with van der Waals surface area (Å²) < 4.78 is 25.9. The van der Waals surface area contributed by atoms with Gasteiger partial charge in [0.1, 0.15) is 18.5 Å². The van der Waals surface area contributed by atoms with Crippen LogP contribution in [-0.2, 0) is 24.4 Å². The number of rotatable bonds is 4. The average Bonchev–Trinajstić information content (AvgIpc) is 2.96. The van der Waals surface area contributed by atoms with Crippen LogP contribution in [0.1, 0.15) is 50.8 Å². The number of anilines is 2. The Hall–Kier alpha value is -3.98. The largest absolute Gasteiger partial charge is 0.484 e. The van der Waals surface area contributed by atoms with Gasteiger partial charge in [-0.3, -0.25) is 14.7 Å². The zero-order valence-corrected chi connectivity index (χ0v) is 21.2. The third kappa shape index (κ3) is 4.47. The quantitative estimate of drug-likeness (QED) is 0.531. The van der Waals surface area contributed by atoms with Crippen molar-refractivity contribution < 1.29 is 23.5 Å². The molecular weight excluding hydrogens is 487 g/mol. The Balaban J connectivity index is 1.27. The molecule has 1 unspecified atom stereocenters. The number of ether oxygens (including phenoxy) is 2. The van der Waals surface area contributed by atoms with Crippen LogP contribution in [0.4, 0.5) is 20.6 Å². The Labute approximate surface area is 220 Å². The molecule has 0 radical (unpaired) electrons. The number of nitrogens with one attached hydrogen (secondary N) is 1. The molecular formula is C29H29FN4O4. The molecule has 1 saturated heterocycles. The predicted molar refractivity (Wildman–Crippen MR) is 140 cm³/mol. The lowest BCUT2D eigenvalue weighted by molar-refractivity contribution is 0.0303. The lowest BCUT2D eigenvalue weighted by atomic mass is 9.95. The monoisotopic (exact) mass is 516 g/mol. The van der Waals surface area contributed by atoms with Gasteiger partial charge in [-0.05, 0) is 60.7 Å². The van der Waals surface area contributed by atoms with E-state index in [0.29, 0.717) is 54.6 Å². The van der Waals surface area contributed by atoms with Crippen molar-refractivity contribution >= 4 is 23.3 Å².